The summed E-state index contributed by atoms with van der Waals surface area (Å²) in [6, 6.07) is 9.03. The summed E-state index contributed by atoms with van der Waals surface area (Å²) in [4.78, 5) is 27.9. The summed E-state index contributed by atoms with van der Waals surface area (Å²) < 4.78 is 10.9. The fourth-order valence-corrected chi connectivity index (χ4v) is 5.39. The molecule has 0 saturated heterocycles. The lowest BCUT2D eigenvalue weighted by Gasteiger charge is -2.36. The molecule has 0 spiro atoms. The highest BCUT2D eigenvalue weighted by Crippen LogP contribution is 2.47. The van der Waals surface area contributed by atoms with Crippen molar-refractivity contribution in [1.82, 2.24) is 5.32 Å². The van der Waals surface area contributed by atoms with Crippen LogP contribution in [0.2, 0.25) is 0 Å². The second kappa shape index (κ2) is 9.43. The summed E-state index contributed by atoms with van der Waals surface area (Å²) in [7, 11) is 1.47. The minimum atomic E-state index is -0.591. The molecule has 2 aromatic rings. The first kappa shape index (κ1) is 23.1. The molecule has 0 bridgehead atoms. The molecule has 6 nitrogen and oxygen atoms in total. The van der Waals surface area contributed by atoms with Crippen LogP contribution in [0.3, 0.4) is 0 Å². The van der Waals surface area contributed by atoms with Gasteiger partial charge >= 0.3 is 5.97 Å². The number of ketones is 1. The standard InChI is InChI=1S/C26H29NO5S/c1-14(2)13-32-26(30)23-15(3)27-18-10-17(22-6-5-9-33-22)11-20(29)25(18)24(23)16-7-8-19(28)21(12-16)31-4/h5-9,12,14,17,24,27-28H,10-11,13H2,1-4H3/t17-,24+/m0/s1. The first-order valence-electron chi connectivity index (χ1n) is 11.1. The summed E-state index contributed by atoms with van der Waals surface area (Å²) in [6.45, 7) is 6.10. The number of phenolic OH excluding ortho intramolecular Hbond substituents is 1. The molecular weight excluding hydrogens is 438 g/mol. The number of thiophene rings is 1. The van der Waals surface area contributed by atoms with E-state index in [1.54, 1.807) is 23.5 Å². The molecule has 1 aromatic carbocycles. The zero-order chi connectivity index (χ0) is 23.7. The average molecular weight is 468 g/mol. The summed E-state index contributed by atoms with van der Waals surface area (Å²) in [5.41, 5.74) is 3.25. The van der Waals surface area contributed by atoms with Crippen LogP contribution in [-0.2, 0) is 14.3 Å². The smallest absolute Gasteiger partial charge is 0.336 e. The molecule has 0 radical (unpaired) electrons. The van der Waals surface area contributed by atoms with Gasteiger partial charge in [0.1, 0.15) is 0 Å². The number of hydrogen-bond donors (Lipinski definition) is 2. The maximum atomic E-state index is 13.5. The minimum Gasteiger partial charge on any atom is -0.504 e. The maximum absolute atomic E-state index is 13.5. The Morgan fingerprint density at radius 3 is 2.73 bits per heavy atom. The largest absolute Gasteiger partial charge is 0.504 e. The lowest BCUT2D eigenvalue weighted by atomic mass is 9.72. The summed E-state index contributed by atoms with van der Waals surface area (Å²) in [6.07, 6.45) is 1.08. The number of ether oxygens (including phenoxy) is 2. The number of aromatic hydroxyl groups is 1. The first-order chi connectivity index (χ1) is 15.8. The lowest BCUT2D eigenvalue weighted by Crippen LogP contribution is -2.36. The molecule has 2 atom stereocenters. The number of Topliss-reactive ketones (excluding diaryl/α,β-unsaturated/α-hetero) is 1. The molecule has 33 heavy (non-hydrogen) atoms. The number of hydrogen-bond acceptors (Lipinski definition) is 7. The third-order valence-electron chi connectivity index (χ3n) is 6.08. The number of nitrogens with one attached hydrogen (secondary N) is 1. The number of dihydropyridines is 1. The van der Waals surface area contributed by atoms with E-state index in [2.05, 4.69) is 11.4 Å². The van der Waals surface area contributed by atoms with E-state index >= 15 is 0 Å². The Morgan fingerprint density at radius 1 is 1.27 bits per heavy atom. The molecule has 1 aliphatic carbocycles. The van der Waals surface area contributed by atoms with Crippen LogP contribution in [0.4, 0.5) is 0 Å². The van der Waals surface area contributed by atoms with Gasteiger partial charge in [0.15, 0.2) is 17.3 Å². The van der Waals surface area contributed by atoms with Crippen LogP contribution in [0, 0.1) is 5.92 Å². The SMILES string of the molecule is COc1cc([C@@H]2C(C(=O)OCC(C)C)=C(C)NC3=C2C(=O)C[C@@H](c2cccs2)C3)ccc1O. The molecule has 2 aliphatic rings. The number of rotatable bonds is 6. The van der Waals surface area contributed by atoms with Gasteiger partial charge in [-0.1, -0.05) is 26.0 Å². The van der Waals surface area contributed by atoms with E-state index in [0.29, 0.717) is 47.6 Å². The second-order valence-electron chi connectivity index (χ2n) is 8.96. The number of carbonyl (C=O) groups is 2. The van der Waals surface area contributed by atoms with Crippen molar-refractivity contribution in [3.63, 3.8) is 0 Å². The molecule has 1 aliphatic heterocycles. The van der Waals surface area contributed by atoms with Crippen LogP contribution in [0.5, 0.6) is 11.5 Å². The quantitative estimate of drug-likeness (QED) is 0.580. The molecule has 4 rings (SSSR count). The highest BCUT2D eigenvalue weighted by molar-refractivity contribution is 7.10. The summed E-state index contributed by atoms with van der Waals surface area (Å²) >= 11 is 1.66. The number of allylic oxidation sites excluding steroid dienone is 3. The van der Waals surface area contributed by atoms with E-state index in [9.17, 15) is 14.7 Å². The molecule has 174 valence electrons. The van der Waals surface area contributed by atoms with Crippen molar-refractivity contribution in [2.45, 2.75) is 45.4 Å². The van der Waals surface area contributed by atoms with Gasteiger partial charge in [0.05, 0.1) is 19.3 Å². The second-order valence-corrected chi connectivity index (χ2v) is 9.94. The van der Waals surface area contributed by atoms with Crippen molar-refractivity contribution in [3.8, 4) is 11.5 Å². The van der Waals surface area contributed by atoms with E-state index in [0.717, 1.165) is 5.70 Å². The van der Waals surface area contributed by atoms with Gasteiger partial charge in [0.2, 0.25) is 0 Å². The van der Waals surface area contributed by atoms with Crippen LogP contribution in [0.15, 0.2) is 58.3 Å². The van der Waals surface area contributed by atoms with Gasteiger partial charge in [-0.2, -0.15) is 0 Å². The predicted molar refractivity (Wildman–Crippen MR) is 127 cm³/mol. The van der Waals surface area contributed by atoms with Gasteiger partial charge in [-0.25, -0.2) is 4.79 Å². The molecule has 2 N–H and O–H groups in total. The van der Waals surface area contributed by atoms with Gasteiger partial charge in [-0.3, -0.25) is 4.79 Å². The molecule has 0 amide bonds. The highest BCUT2D eigenvalue weighted by atomic mass is 32.1. The van der Waals surface area contributed by atoms with E-state index in [4.69, 9.17) is 9.47 Å². The fourth-order valence-electron chi connectivity index (χ4n) is 4.56. The van der Waals surface area contributed by atoms with Crippen molar-refractivity contribution >= 4 is 23.1 Å². The number of esters is 1. The van der Waals surface area contributed by atoms with Crippen molar-refractivity contribution in [2.75, 3.05) is 13.7 Å². The zero-order valence-corrected chi connectivity index (χ0v) is 20.1. The molecule has 0 fully saturated rings. The Balaban J connectivity index is 1.80. The van der Waals surface area contributed by atoms with Crippen LogP contribution in [0.1, 0.15) is 55.9 Å². The lowest BCUT2D eigenvalue weighted by molar-refractivity contribution is -0.140. The summed E-state index contributed by atoms with van der Waals surface area (Å²) in [5, 5.41) is 15.5. The summed E-state index contributed by atoms with van der Waals surface area (Å²) in [5.74, 6) is -0.419. The van der Waals surface area contributed by atoms with Gasteiger partial charge in [-0.05, 0) is 48.4 Å². The van der Waals surface area contributed by atoms with Gasteiger partial charge in [0, 0.05) is 40.1 Å². The van der Waals surface area contributed by atoms with Crippen LogP contribution in [0.25, 0.3) is 0 Å². The topological polar surface area (TPSA) is 84.9 Å². The molecule has 0 unspecified atom stereocenters. The highest BCUT2D eigenvalue weighted by Gasteiger charge is 2.41. The van der Waals surface area contributed by atoms with Crippen LogP contribution < -0.4 is 10.1 Å². The van der Waals surface area contributed by atoms with E-state index in [1.807, 2.05) is 32.2 Å². The Labute approximate surface area is 197 Å². The molecule has 7 heteroatoms. The minimum absolute atomic E-state index is 0.00162. The number of phenols is 1. The van der Waals surface area contributed by atoms with Crippen molar-refractivity contribution in [1.29, 1.82) is 0 Å². The maximum Gasteiger partial charge on any atom is 0.336 e. The van der Waals surface area contributed by atoms with Crippen LogP contribution >= 0.6 is 11.3 Å². The third kappa shape index (κ3) is 4.55. The average Bonchev–Trinajstić information content (AvgIpc) is 3.32. The van der Waals surface area contributed by atoms with E-state index < -0.39 is 11.9 Å². The van der Waals surface area contributed by atoms with Crippen molar-refractivity contribution < 1.29 is 24.2 Å². The molecule has 1 aromatic heterocycles. The van der Waals surface area contributed by atoms with Gasteiger partial charge in [0.25, 0.3) is 0 Å². The first-order valence-corrected chi connectivity index (χ1v) is 12.0. The van der Waals surface area contributed by atoms with Crippen molar-refractivity contribution in [2.24, 2.45) is 5.92 Å². The number of carbonyl (C=O) groups excluding carboxylic acids is 2. The molecular formula is C26H29NO5S. The Kier molecular flexibility index (Phi) is 6.61. The van der Waals surface area contributed by atoms with E-state index in [-0.39, 0.29) is 23.4 Å². The van der Waals surface area contributed by atoms with Crippen molar-refractivity contribution in [3.05, 3.63) is 68.7 Å². The number of benzene rings is 1. The third-order valence-corrected chi connectivity index (χ3v) is 7.11. The Bertz CT molecular complexity index is 1130. The van der Waals surface area contributed by atoms with Gasteiger partial charge in [-0.15, -0.1) is 11.3 Å². The van der Waals surface area contributed by atoms with Crippen LogP contribution in [-0.4, -0.2) is 30.6 Å². The fraction of sp³-hybridized carbons (Fsp3) is 0.385. The molecule has 0 saturated carbocycles. The Morgan fingerprint density at radius 2 is 2.06 bits per heavy atom. The normalized spacial score (nSPS) is 20.6. The molecule has 2 heterocycles. The monoisotopic (exact) mass is 467 g/mol. The Hall–Kier alpha value is -3.06. The zero-order valence-electron chi connectivity index (χ0n) is 19.3. The van der Waals surface area contributed by atoms with E-state index in [1.165, 1.54) is 18.1 Å². The predicted octanol–water partition coefficient (Wildman–Crippen LogP) is 5.02. The van der Waals surface area contributed by atoms with Gasteiger partial charge < -0.3 is 19.9 Å². The number of methoxy groups -OCH3 is 1.